The number of hydrogen-bond acceptors (Lipinski definition) is 7. The Labute approximate surface area is 191 Å². The Morgan fingerprint density at radius 2 is 1.64 bits per heavy atom. The third-order valence-corrected chi connectivity index (χ3v) is 4.89. The molecule has 0 aliphatic rings. The van der Waals surface area contributed by atoms with Crippen LogP contribution in [0.25, 0.3) is 11.4 Å². The van der Waals surface area contributed by atoms with Crippen molar-refractivity contribution in [3.8, 4) is 28.6 Å². The van der Waals surface area contributed by atoms with Crippen LogP contribution in [-0.4, -0.2) is 30.3 Å². The Morgan fingerprint density at radius 3 is 2.27 bits per heavy atom. The average molecular weight is 445 g/mol. The number of methoxy groups -OCH3 is 2. The molecule has 0 radical (unpaired) electrons. The predicted molar refractivity (Wildman–Crippen MR) is 123 cm³/mol. The molecule has 0 saturated carbocycles. The Morgan fingerprint density at radius 1 is 0.970 bits per heavy atom. The number of anilines is 1. The van der Waals surface area contributed by atoms with Gasteiger partial charge in [0.2, 0.25) is 17.5 Å². The highest BCUT2D eigenvalue weighted by molar-refractivity contribution is 6.06. The molecule has 0 fully saturated rings. The first-order valence-electron chi connectivity index (χ1n) is 10.2. The number of amides is 1. The minimum atomic E-state index is -0.353. The van der Waals surface area contributed by atoms with Crippen molar-refractivity contribution in [1.29, 1.82) is 0 Å². The fraction of sp³-hybridized carbons (Fsp3) is 0.160. The topological polar surface area (TPSA) is 95.7 Å². The maximum absolute atomic E-state index is 13.1. The van der Waals surface area contributed by atoms with Crippen molar-refractivity contribution in [3.05, 3.63) is 83.7 Å². The molecular weight excluding hydrogens is 422 g/mol. The molecule has 168 valence electrons. The van der Waals surface area contributed by atoms with E-state index < -0.39 is 0 Å². The van der Waals surface area contributed by atoms with E-state index in [0.717, 1.165) is 5.56 Å². The summed E-state index contributed by atoms with van der Waals surface area (Å²) in [6.07, 6.45) is 0. The summed E-state index contributed by atoms with van der Waals surface area (Å²) in [6.45, 7) is 2.04. The second-order valence-electron chi connectivity index (χ2n) is 7.12. The lowest BCUT2D eigenvalue weighted by atomic mass is 10.1. The number of carbonyl (C=O) groups excluding carboxylic acids is 1. The lowest BCUT2D eigenvalue weighted by molar-refractivity contribution is 0.102. The van der Waals surface area contributed by atoms with Crippen molar-refractivity contribution in [3.63, 3.8) is 0 Å². The van der Waals surface area contributed by atoms with Crippen LogP contribution in [0.4, 0.5) is 5.69 Å². The molecule has 0 aliphatic heterocycles. The minimum Gasteiger partial charge on any atom is -0.493 e. The van der Waals surface area contributed by atoms with Gasteiger partial charge in [0, 0.05) is 18.1 Å². The van der Waals surface area contributed by atoms with Crippen LogP contribution in [0, 0.1) is 6.92 Å². The molecule has 0 spiro atoms. The number of hydrogen-bond donors (Lipinski definition) is 1. The van der Waals surface area contributed by atoms with E-state index in [1.165, 1.54) is 14.2 Å². The third-order valence-electron chi connectivity index (χ3n) is 4.89. The molecule has 1 N–H and O–H groups in total. The van der Waals surface area contributed by atoms with Gasteiger partial charge in [0.15, 0.2) is 11.5 Å². The SMILES string of the molecule is COc1cc(C(=O)Nc2ccccc2-c2noc(C)n2)cc(OC)c1OCc1ccccc1. The van der Waals surface area contributed by atoms with E-state index >= 15 is 0 Å². The number of nitrogens with zero attached hydrogens (tertiary/aromatic N) is 2. The number of para-hydroxylation sites is 1. The molecule has 0 bridgehead atoms. The summed E-state index contributed by atoms with van der Waals surface area (Å²) in [6, 6.07) is 20.2. The second kappa shape index (κ2) is 9.86. The molecule has 1 heterocycles. The number of nitrogens with one attached hydrogen (secondary N) is 1. The lowest BCUT2D eigenvalue weighted by Crippen LogP contribution is -2.13. The van der Waals surface area contributed by atoms with Crippen LogP contribution in [0.2, 0.25) is 0 Å². The molecule has 1 amide bonds. The fourth-order valence-corrected chi connectivity index (χ4v) is 3.27. The summed E-state index contributed by atoms with van der Waals surface area (Å²) in [5.74, 6) is 1.67. The van der Waals surface area contributed by atoms with Gasteiger partial charge in [0.1, 0.15) is 6.61 Å². The van der Waals surface area contributed by atoms with Gasteiger partial charge in [0.05, 0.1) is 19.9 Å². The van der Waals surface area contributed by atoms with Crippen molar-refractivity contribution in [1.82, 2.24) is 10.1 Å². The maximum atomic E-state index is 13.1. The summed E-state index contributed by atoms with van der Waals surface area (Å²) < 4.78 is 22.0. The van der Waals surface area contributed by atoms with Crippen molar-refractivity contribution in [2.24, 2.45) is 0 Å². The summed E-state index contributed by atoms with van der Waals surface area (Å²) in [5.41, 5.74) is 2.53. The number of aryl methyl sites for hydroxylation is 1. The molecule has 8 heteroatoms. The molecule has 1 aromatic heterocycles. The van der Waals surface area contributed by atoms with Gasteiger partial charge in [-0.2, -0.15) is 4.98 Å². The van der Waals surface area contributed by atoms with Crippen LogP contribution in [0.3, 0.4) is 0 Å². The van der Waals surface area contributed by atoms with Gasteiger partial charge in [-0.05, 0) is 29.8 Å². The summed E-state index contributed by atoms with van der Waals surface area (Å²) >= 11 is 0. The van der Waals surface area contributed by atoms with E-state index in [2.05, 4.69) is 15.5 Å². The van der Waals surface area contributed by atoms with E-state index in [0.29, 0.717) is 52.4 Å². The molecule has 0 unspecified atom stereocenters. The van der Waals surface area contributed by atoms with Crippen molar-refractivity contribution in [2.75, 3.05) is 19.5 Å². The zero-order valence-electron chi connectivity index (χ0n) is 18.5. The number of carbonyl (C=O) groups is 1. The van der Waals surface area contributed by atoms with Gasteiger partial charge in [0.25, 0.3) is 5.91 Å². The zero-order chi connectivity index (χ0) is 23.2. The molecule has 0 aliphatic carbocycles. The summed E-state index contributed by atoms with van der Waals surface area (Å²) in [4.78, 5) is 17.4. The first-order chi connectivity index (χ1) is 16.1. The number of rotatable bonds is 8. The van der Waals surface area contributed by atoms with Crippen LogP contribution in [-0.2, 0) is 6.61 Å². The van der Waals surface area contributed by atoms with E-state index in [4.69, 9.17) is 18.7 Å². The van der Waals surface area contributed by atoms with E-state index in [1.54, 1.807) is 25.1 Å². The van der Waals surface area contributed by atoms with Crippen LogP contribution in [0.15, 0.2) is 71.3 Å². The van der Waals surface area contributed by atoms with Gasteiger partial charge >= 0.3 is 0 Å². The highest BCUT2D eigenvalue weighted by Gasteiger charge is 2.19. The van der Waals surface area contributed by atoms with Gasteiger partial charge in [-0.25, -0.2) is 0 Å². The van der Waals surface area contributed by atoms with Crippen LogP contribution < -0.4 is 19.5 Å². The van der Waals surface area contributed by atoms with Crippen molar-refractivity contribution >= 4 is 11.6 Å². The standard InChI is InChI=1S/C25H23N3O5/c1-16-26-24(28-33-16)19-11-7-8-12-20(19)27-25(29)18-13-21(30-2)23(22(14-18)31-3)32-15-17-9-5-4-6-10-17/h4-14H,15H2,1-3H3,(H,27,29). The minimum absolute atomic E-state index is 0.330. The molecule has 3 aromatic carbocycles. The van der Waals surface area contributed by atoms with Gasteiger partial charge in [-0.3, -0.25) is 4.79 Å². The fourth-order valence-electron chi connectivity index (χ4n) is 3.27. The Balaban J connectivity index is 1.60. The maximum Gasteiger partial charge on any atom is 0.255 e. The van der Waals surface area contributed by atoms with E-state index in [9.17, 15) is 4.79 Å². The molecule has 4 rings (SSSR count). The van der Waals surface area contributed by atoms with E-state index in [-0.39, 0.29) is 5.91 Å². The lowest BCUT2D eigenvalue weighted by Gasteiger charge is -2.16. The molecule has 8 nitrogen and oxygen atoms in total. The quantitative estimate of drug-likeness (QED) is 0.412. The normalized spacial score (nSPS) is 10.5. The molecule has 0 atom stereocenters. The number of ether oxygens (including phenoxy) is 3. The van der Waals surface area contributed by atoms with Crippen molar-refractivity contribution in [2.45, 2.75) is 13.5 Å². The molecule has 33 heavy (non-hydrogen) atoms. The predicted octanol–water partition coefficient (Wildman–Crippen LogP) is 4.89. The van der Waals surface area contributed by atoms with Crippen LogP contribution in [0.1, 0.15) is 21.8 Å². The first kappa shape index (κ1) is 21.9. The monoisotopic (exact) mass is 445 g/mol. The first-order valence-corrected chi connectivity index (χ1v) is 10.2. The Hall–Kier alpha value is -4.33. The van der Waals surface area contributed by atoms with E-state index in [1.807, 2.05) is 48.5 Å². The molecular formula is C25H23N3O5. The smallest absolute Gasteiger partial charge is 0.255 e. The van der Waals surface area contributed by atoms with Gasteiger partial charge in [-0.15, -0.1) is 0 Å². The third kappa shape index (κ3) is 4.95. The average Bonchev–Trinajstić information content (AvgIpc) is 3.29. The number of aromatic nitrogens is 2. The highest BCUT2D eigenvalue weighted by Crippen LogP contribution is 2.39. The molecule has 4 aromatic rings. The van der Waals surface area contributed by atoms with Crippen LogP contribution in [0.5, 0.6) is 17.2 Å². The Bertz CT molecular complexity index is 1230. The Kier molecular flexibility index (Phi) is 6.54. The van der Waals surface area contributed by atoms with Gasteiger partial charge < -0.3 is 24.1 Å². The summed E-state index contributed by atoms with van der Waals surface area (Å²) in [7, 11) is 3.03. The largest absolute Gasteiger partial charge is 0.493 e. The second-order valence-corrected chi connectivity index (χ2v) is 7.12. The number of benzene rings is 3. The van der Waals surface area contributed by atoms with Crippen LogP contribution >= 0.6 is 0 Å². The molecule has 0 saturated heterocycles. The summed E-state index contributed by atoms with van der Waals surface area (Å²) in [5, 5.41) is 6.85. The highest BCUT2D eigenvalue weighted by atomic mass is 16.5. The van der Waals surface area contributed by atoms with Gasteiger partial charge in [-0.1, -0.05) is 47.6 Å². The zero-order valence-corrected chi connectivity index (χ0v) is 18.5. The van der Waals surface area contributed by atoms with Crippen molar-refractivity contribution < 1.29 is 23.5 Å².